The summed E-state index contributed by atoms with van der Waals surface area (Å²) in [5, 5.41) is 9.40. The molecule has 122 valence electrons. The fourth-order valence-corrected chi connectivity index (χ4v) is 3.09. The van der Waals surface area contributed by atoms with Crippen molar-refractivity contribution in [1.29, 1.82) is 0 Å². The van der Waals surface area contributed by atoms with Crippen LogP contribution in [0.3, 0.4) is 0 Å². The predicted molar refractivity (Wildman–Crippen MR) is 90.4 cm³/mol. The van der Waals surface area contributed by atoms with Gasteiger partial charge in [-0.1, -0.05) is 18.2 Å². The molecule has 1 fully saturated rings. The van der Waals surface area contributed by atoms with Crippen LogP contribution in [0.5, 0.6) is 5.75 Å². The first-order valence-electron chi connectivity index (χ1n) is 8.19. The molecule has 2 heterocycles. The molecule has 0 saturated carbocycles. The molecule has 0 unspecified atom stereocenters. The molecule has 1 aromatic carbocycles. The van der Waals surface area contributed by atoms with Crippen molar-refractivity contribution < 1.29 is 9.84 Å². The molecule has 0 spiro atoms. The van der Waals surface area contributed by atoms with Crippen molar-refractivity contribution in [3.8, 4) is 5.75 Å². The second kappa shape index (κ2) is 7.57. The fourth-order valence-electron chi connectivity index (χ4n) is 3.09. The number of phenols is 1. The second-order valence-corrected chi connectivity index (χ2v) is 6.32. The zero-order chi connectivity index (χ0) is 16.1. The van der Waals surface area contributed by atoms with Gasteiger partial charge in [-0.15, -0.1) is 0 Å². The van der Waals surface area contributed by atoms with Gasteiger partial charge in [-0.05, 0) is 43.2 Å². The summed E-state index contributed by atoms with van der Waals surface area (Å²) in [6.45, 7) is 6.44. The molecule has 23 heavy (non-hydrogen) atoms. The van der Waals surface area contributed by atoms with E-state index in [1.54, 1.807) is 12.1 Å². The Morgan fingerprint density at radius 1 is 1.22 bits per heavy atom. The van der Waals surface area contributed by atoms with Gasteiger partial charge < -0.3 is 9.84 Å². The average Bonchev–Trinajstić information content (AvgIpc) is 2.75. The van der Waals surface area contributed by atoms with E-state index in [4.69, 9.17) is 4.74 Å². The first kappa shape index (κ1) is 16.0. The van der Waals surface area contributed by atoms with E-state index < -0.39 is 0 Å². The highest BCUT2D eigenvalue weighted by Crippen LogP contribution is 2.17. The molecule has 1 aliphatic rings. The number of ether oxygens (including phenoxy) is 1. The van der Waals surface area contributed by atoms with Crippen molar-refractivity contribution >= 4 is 0 Å². The monoisotopic (exact) mass is 312 g/mol. The molecule has 1 aliphatic heterocycles. The molecule has 2 aromatic rings. The van der Waals surface area contributed by atoms with Gasteiger partial charge in [-0.25, -0.2) is 0 Å². The number of pyridine rings is 1. The van der Waals surface area contributed by atoms with E-state index in [9.17, 15) is 5.11 Å². The number of benzene rings is 1. The summed E-state index contributed by atoms with van der Waals surface area (Å²) >= 11 is 0. The van der Waals surface area contributed by atoms with Crippen molar-refractivity contribution in [2.75, 3.05) is 26.3 Å². The summed E-state index contributed by atoms with van der Waals surface area (Å²) in [7, 11) is 0. The average molecular weight is 312 g/mol. The Morgan fingerprint density at radius 3 is 2.83 bits per heavy atom. The molecule has 1 N–H and O–H groups in total. The molecule has 1 aromatic heterocycles. The third-order valence-corrected chi connectivity index (χ3v) is 4.21. The number of aromatic hydroxyl groups is 1. The zero-order valence-corrected chi connectivity index (χ0v) is 13.6. The van der Waals surface area contributed by atoms with E-state index in [0.29, 0.717) is 11.7 Å². The van der Waals surface area contributed by atoms with Crippen LogP contribution in [0.4, 0.5) is 0 Å². The maximum atomic E-state index is 9.40. The number of nitrogens with zero attached hydrogens (tertiary/aromatic N) is 2. The summed E-state index contributed by atoms with van der Waals surface area (Å²) < 4.78 is 5.79. The molecule has 0 radical (unpaired) electrons. The van der Waals surface area contributed by atoms with Gasteiger partial charge >= 0.3 is 0 Å². The van der Waals surface area contributed by atoms with Crippen LogP contribution in [0.2, 0.25) is 0 Å². The number of phenolic OH excluding ortho intramolecular Hbond substituents is 1. The van der Waals surface area contributed by atoms with Gasteiger partial charge in [-0.3, -0.25) is 9.88 Å². The Morgan fingerprint density at radius 2 is 2.04 bits per heavy atom. The third-order valence-electron chi connectivity index (χ3n) is 4.21. The topological polar surface area (TPSA) is 45.6 Å². The smallest absolute Gasteiger partial charge is 0.115 e. The summed E-state index contributed by atoms with van der Waals surface area (Å²) in [4.78, 5) is 7.05. The molecule has 4 heteroatoms. The van der Waals surface area contributed by atoms with Crippen LogP contribution in [0.1, 0.15) is 17.0 Å². The Bertz CT molecular complexity index is 628. The van der Waals surface area contributed by atoms with E-state index in [2.05, 4.69) is 22.0 Å². The summed E-state index contributed by atoms with van der Waals surface area (Å²) in [6, 6.07) is 13.7. The molecular formula is C19H24N2O2. The van der Waals surface area contributed by atoms with E-state index in [0.717, 1.165) is 50.7 Å². The van der Waals surface area contributed by atoms with Gasteiger partial charge in [0.25, 0.3) is 0 Å². The molecule has 3 rings (SSSR count). The van der Waals surface area contributed by atoms with Crippen LogP contribution in [0, 0.1) is 12.8 Å². The van der Waals surface area contributed by atoms with Crippen LogP contribution in [-0.2, 0) is 17.7 Å². The first-order valence-corrected chi connectivity index (χ1v) is 8.19. The van der Waals surface area contributed by atoms with Crippen LogP contribution < -0.4 is 0 Å². The molecule has 1 saturated heterocycles. The minimum absolute atomic E-state index is 0.316. The number of rotatable bonds is 4. The van der Waals surface area contributed by atoms with E-state index in [1.807, 2.05) is 25.1 Å². The molecule has 4 nitrogen and oxygen atoms in total. The Balaban J connectivity index is 1.62. The summed E-state index contributed by atoms with van der Waals surface area (Å²) in [6.07, 6.45) is 0.952. The summed E-state index contributed by atoms with van der Waals surface area (Å²) in [5.74, 6) is 0.778. The highest BCUT2D eigenvalue weighted by atomic mass is 16.5. The largest absolute Gasteiger partial charge is 0.508 e. The molecular weight excluding hydrogens is 288 g/mol. The molecule has 0 bridgehead atoms. The number of aromatic nitrogens is 1. The van der Waals surface area contributed by atoms with Gasteiger partial charge in [0, 0.05) is 36.9 Å². The third kappa shape index (κ3) is 4.78. The summed E-state index contributed by atoms with van der Waals surface area (Å²) in [5.41, 5.74) is 3.43. The minimum Gasteiger partial charge on any atom is -0.508 e. The lowest BCUT2D eigenvalue weighted by molar-refractivity contribution is 0.121. The van der Waals surface area contributed by atoms with Gasteiger partial charge in [0.2, 0.25) is 0 Å². The molecule has 0 amide bonds. The van der Waals surface area contributed by atoms with E-state index in [-0.39, 0.29) is 0 Å². The van der Waals surface area contributed by atoms with Gasteiger partial charge in [0.1, 0.15) is 5.75 Å². The van der Waals surface area contributed by atoms with Crippen molar-refractivity contribution in [3.63, 3.8) is 0 Å². The highest BCUT2D eigenvalue weighted by Gasteiger charge is 2.19. The number of aryl methyl sites for hydroxylation is 1. The van der Waals surface area contributed by atoms with Crippen molar-refractivity contribution in [1.82, 2.24) is 9.88 Å². The van der Waals surface area contributed by atoms with Gasteiger partial charge in [0.05, 0.1) is 13.2 Å². The molecule has 1 atom stereocenters. The standard InChI is InChI=1S/C19H24N2O2/c1-15-3-2-4-18(20-15)11-17-13-21(9-10-23-14-17)12-16-5-7-19(22)8-6-16/h2-8,17,22H,9-14H2,1H3/t17-/m0/s1. The fraction of sp³-hybridized carbons (Fsp3) is 0.421. The second-order valence-electron chi connectivity index (χ2n) is 6.32. The maximum Gasteiger partial charge on any atom is 0.115 e. The van der Waals surface area contributed by atoms with Crippen LogP contribution >= 0.6 is 0 Å². The predicted octanol–water partition coefficient (Wildman–Crippen LogP) is 2.79. The van der Waals surface area contributed by atoms with E-state index in [1.165, 1.54) is 5.56 Å². The maximum absolute atomic E-state index is 9.40. The Labute approximate surface area is 137 Å². The Kier molecular flexibility index (Phi) is 5.26. The Hall–Kier alpha value is -1.91. The van der Waals surface area contributed by atoms with E-state index >= 15 is 0 Å². The zero-order valence-electron chi connectivity index (χ0n) is 13.6. The van der Waals surface area contributed by atoms with Crippen LogP contribution in [-0.4, -0.2) is 41.3 Å². The normalized spacial score (nSPS) is 19.4. The van der Waals surface area contributed by atoms with Crippen molar-refractivity contribution in [2.45, 2.75) is 19.9 Å². The van der Waals surface area contributed by atoms with Crippen molar-refractivity contribution in [3.05, 3.63) is 59.4 Å². The number of hydrogen-bond donors (Lipinski definition) is 1. The lowest BCUT2D eigenvalue weighted by Crippen LogP contribution is -2.30. The van der Waals surface area contributed by atoms with Gasteiger partial charge in [0.15, 0.2) is 0 Å². The molecule has 0 aliphatic carbocycles. The van der Waals surface area contributed by atoms with Crippen LogP contribution in [0.25, 0.3) is 0 Å². The lowest BCUT2D eigenvalue weighted by Gasteiger charge is -2.23. The SMILES string of the molecule is Cc1cccc(C[C@@H]2COCCN(Cc3ccc(O)cc3)C2)n1. The minimum atomic E-state index is 0.316. The van der Waals surface area contributed by atoms with Crippen LogP contribution in [0.15, 0.2) is 42.5 Å². The highest BCUT2D eigenvalue weighted by molar-refractivity contribution is 5.25. The number of hydrogen-bond acceptors (Lipinski definition) is 4. The lowest BCUT2D eigenvalue weighted by atomic mass is 10.0. The first-order chi connectivity index (χ1) is 11.2. The van der Waals surface area contributed by atoms with Gasteiger partial charge in [-0.2, -0.15) is 0 Å². The van der Waals surface area contributed by atoms with Crippen molar-refractivity contribution in [2.24, 2.45) is 5.92 Å². The quantitative estimate of drug-likeness (QED) is 0.943.